The van der Waals surface area contributed by atoms with Gasteiger partial charge in [-0.2, -0.15) is 0 Å². The number of fused-ring (bicyclic) bond motifs is 2. The van der Waals surface area contributed by atoms with Crippen LogP contribution in [0.2, 0.25) is 0 Å². The Kier molecular flexibility index (Phi) is 4.45. The van der Waals surface area contributed by atoms with Crippen LogP contribution in [0.15, 0.2) is 48.6 Å². The summed E-state index contributed by atoms with van der Waals surface area (Å²) < 4.78 is 28.4. The number of carbonyl (C=O) groups is 1. The zero-order valence-electron chi connectivity index (χ0n) is 18.1. The average Bonchev–Trinajstić information content (AvgIpc) is 3.37. The quantitative estimate of drug-likeness (QED) is 0.540. The lowest BCUT2D eigenvalue weighted by molar-refractivity contribution is 0.0187. The molecule has 7 nitrogen and oxygen atoms in total. The van der Waals surface area contributed by atoms with Crippen molar-refractivity contribution < 1.29 is 28.5 Å². The predicted molar refractivity (Wildman–Crippen MR) is 115 cm³/mol. The second-order valence-corrected chi connectivity index (χ2v) is 8.73. The van der Waals surface area contributed by atoms with Crippen molar-refractivity contribution >= 4 is 5.97 Å². The molecule has 0 spiro atoms. The molecule has 32 heavy (non-hydrogen) atoms. The Balaban J connectivity index is 1.40. The van der Waals surface area contributed by atoms with Crippen molar-refractivity contribution in [1.82, 2.24) is 4.90 Å². The maximum Gasteiger partial charge on any atom is 0.338 e. The maximum atomic E-state index is 13.1. The standard InChI is InChI=1S/C25H25NO6/c1-28-17-5-3-15(4-6-17)24(27)32-23-13-26-12-16-9-20-21(31-14-30-20)11-19(16)25(23)8-7-18(29-2)10-22(25)26/h3-9,11,18,22-23H,10,12-14H2,1-2H3/t18-,22-,23-,25-/m0/s1. The van der Waals surface area contributed by atoms with Crippen LogP contribution in [0, 0.1) is 0 Å². The van der Waals surface area contributed by atoms with E-state index in [1.54, 1.807) is 38.5 Å². The summed E-state index contributed by atoms with van der Waals surface area (Å²) in [5.41, 5.74) is 2.40. The third-order valence-electron chi connectivity index (χ3n) is 7.28. The van der Waals surface area contributed by atoms with Gasteiger partial charge < -0.3 is 23.7 Å². The number of hydrogen-bond donors (Lipinski definition) is 0. The van der Waals surface area contributed by atoms with E-state index in [2.05, 4.69) is 29.2 Å². The van der Waals surface area contributed by atoms with Gasteiger partial charge in [-0.05, 0) is 53.9 Å². The van der Waals surface area contributed by atoms with Gasteiger partial charge in [0.15, 0.2) is 11.5 Å². The van der Waals surface area contributed by atoms with E-state index in [1.165, 1.54) is 5.56 Å². The Hall–Kier alpha value is -3.03. The fourth-order valence-corrected chi connectivity index (χ4v) is 5.72. The highest BCUT2D eigenvalue weighted by Crippen LogP contribution is 2.54. The number of nitrogens with zero attached hydrogens (tertiary/aromatic N) is 1. The van der Waals surface area contributed by atoms with Gasteiger partial charge in [0, 0.05) is 26.2 Å². The first-order valence-electron chi connectivity index (χ1n) is 10.9. The highest BCUT2D eigenvalue weighted by Gasteiger charge is 2.60. The molecule has 1 fully saturated rings. The minimum atomic E-state index is -0.453. The Morgan fingerprint density at radius 1 is 1.12 bits per heavy atom. The lowest BCUT2D eigenvalue weighted by Gasteiger charge is -2.46. The second-order valence-electron chi connectivity index (χ2n) is 8.73. The van der Waals surface area contributed by atoms with E-state index in [0.717, 1.165) is 30.0 Å². The molecular formula is C25H25NO6. The molecule has 1 unspecified atom stereocenters. The SMILES string of the molecule is COc1ccc(C(=O)O[C@H]2CN3Cc4cc5c(cc4[C@]24C=C[C@H](OC)C[C@H]34)OCO5)cc1. The van der Waals surface area contributed by atoms with Gasteiger partial charge in [-0.3, -0.25) is 4.90 Å². The van der Waals surface area contributed by atoms with Crippen LogP contribution in [0.1, 0.15) is 27.9 Å². The second kappa shape index (κ2) is 7.25. The summed E-state index contributed by atoms with van der Waals surface area (Å²) in [6.45, 7) is 1.67. The van der Waals surface area contributed by atoms with Gasteiger partial charge in [0.1, 0.15) is 11.9 Å². The molecule has 0 N–H and O–H groups in total. The maximum absolute atomic E-state index is 13.1. The molecular weight excluding hydrogens is 410 g/mol. The molecule has 2 aromatic rings. The van der Waals surface area contributed by atoms with Gasteiger partial charge in [0.2, 0.25) is 6.79 Å². The summed E-state index contributed by atoms with van der Waals surface area (Å²) in [6, 6.07) is 11.4. The first-order valence-corrected chi connectivity index (χ1v) is 10.9. The van der Waals surface area contributed by atoms with E-state index in [4.69, 9.17) is 23.7 Å². The van der Waals surface area contributed by atoms with Crippen LogP contribution in [0.5, 0.6) is 17.2 Å². The summed E-state index contributed by atoms with van der Waals surface area (Å²) in [6.07, 6.45) is 4.87. The van der Waals surface area contributed by atoms with Gasteiger partial charge in [-0.25, -0.2) is 4.79 Å². The minimum absolute atomic E-state index is 0.0437. The number of hydrogen-bond acceptors (Lipinski definition) is 7. The number of methoxy groups -OCH3 is 2. The molecule has 1 saturated heterocycles. The van der Waals surface area contributed by atoms with Crippen LogP contribution in [0.25, 0.3) is 0 Å². The van der Waals surface area contributed by atoms with E-state index in [-0.39, 0.29) is 31.0 Å². The minimum Gasteiger partial charge on any atom is -0.497 e. The van der Waals surface area contributed by atoms with E-state index >= 15 is 0 Å². The first-order chi connectivity index (χ1) is 15.6. The number of esters is 1. The molecule has 0 aromatic heterocycles. The van der Waals surface area contributed by atoms with Crippen LogP contribution in [0.4, 0.5) is 0 Å². The molecule has 0 amide bonds. The van der Waals surface area contributed by atoms with Gasteiger partial charge in [0.25, 0.3) is 0 Å². The smallest absolute Gasteiger partial charge is 0.338 e. The molecule has 166 valence electrons. The van der Waals surface area contributed by atoms with Crippen LogP contribution in [-0.4, -0.2) is 56.7 Å². The van der Waals surface area contributed by atoms with Crippen LogP contribution in [-0.2, 0) is 21.4 Å². The Labute approximate surface area is 186 Å². The fraction of sp³-hybridized carbons (Fsp3) is 0.400. The van der Waals surface area contributed by atoms with Gasteiger partial charge >= 0.3 is 5.97 Å². The lowest BCUT2D eigenvalue weighted by atomic mass is 9.65. The summed E-state index contributed by atoms with van der Waals surface area (Å²) in [7, 11) is 3.34. The van der Waals surface area contributed by atoms with Crippen LogP contribution in [0.3, 0.4) is 0 Å². The van der Waals surface area contributed by atoms with Crippen molar-refractivity contribution in [3.8, 4) is 17.2 Å². The zero-order valence-corrected chi connectivity index (χ0v) is 18.1. The highest BCUT2D eigenvalue weighted by molar-refractivity contribution is 5.89. The molecule has 4 aliphatic rings. The summed E-state index contributed by atoms with van der Waals surface area (Å²) in [5.74, 6) is 1.90. The zero-order chi connectivity index (χ0) is 21.9. The molecule has 7 heteroatoms. The molecule has 2 bridgehead atoms. The van der Waals surface area contributed by atoms with E-state index in [1.807, 2.05) is 0 Å². The largest absolute Gasteiger partial charge is 0.497 e. The summed E-state index contributed by atoms with van der Waals surface area (Å²) in [5, 5.41) is 0. The molecule has 5 atom stereocenters. The third-order valence-corrected chi connectivity index (χ3v) is 7.28. The molecule has 3 aliphatic heterocycles. The van der Waals surface area contributed by atoms with Gasteiger partial charge in [-0.15, -0.1) is 0 Å². The Morgan fingerprint density at radius 2 is 1.91 bits per heavy atom. The summed E-state index contributed by atoms with van der Waals surface area (Å²) >= 11 is 0. The first kappa shape index (κ1) is 19.6. The van der Waals surface area contributed by atoms with E-state index < -0.39 is 5.41 Å². The van der Waals surface area contributed by atoms with Gasteiger partial charge in [0.05, 0.1) is 24.2 Å². The topological polar surface area (TPSA) is 66.5 Å². The number of benzene rings is 2. The molecule has 1 aliphatic carbocycles. The highest BCUT2D eigenvalue weighted by atomic mass is 16.7. The molecule has 0 radical (unpaired) electrons. The molecule has 2 aromatic carbocycles. The van der Waals surface area contributed by atoms with Crippen molar-refractivity contribution in [3.63, 3.8) is 0 Å². The molecule has 6 rings (SSSR count). The van der Waals surface area contributed by atoms with Gasteiger partial charge in [-0.1, -0.05) is 12.2 Å². The van der Waals surface area contributed by atoms with Crippen molar-refractivity contribution in [2.24, 2.45) is 0 Å². The fourth-order valence-electron chi connectivity index (χ4n) is 5.72. The Morgan fingerprint density at radius 3 is 2.66 bits per heavy atom. The number of rotatable bonds is 4. The third kappa shape index (κ3) is 2.77. The van der Waals surface area contributed by atoms with Crippen LogP contribution < -0.4 is 14.2 Å². The monoisotopic (exact) mass is 435 g/mol. The normalized spacial score (nSPS) is 31.1. The van der Waals surface area contributed by atoms with Crippen molar-refractivity contribution in [3.05, 3.63) is 65.2 Å². The van der Waals surface area contributed by atoms with Crippen LogP contribution >= 0.6 is 0 Å². The van der Waals surface area contributed by atoms with Crippen molar-refractivity contribution in [2.75, 3.05) is 27.6 Å². The van der Waals surface area contributed by atoms with Crippen molar-refractivity contribution in [1.29, 1.82) is 0 Å². The van der Waals surface area contributed by atoms with E-state index in [9.17, 15) is 4.79 Å². The molecule has 3 heterocycles. The number of carbonyl (C=O) groups excluding carboxylic acids is 1. The summed E-state index contributed by atoms with van der Waals surface area (Å²) in [4.78, 5) is 15.5. The van der Waals surface area contributed by atoms with E-state index in [0.29, 0.717) is 17.9 Å². The lowest BCUT2D eigenvalue weighted by Crippen LogP contribution is -2.53. The average molecular weight is 435 g/mol. The number of ether oxygens (including phenoxy) is 5. The Bertz CT molecular complexity index is 1100. The predicted octanol–water partition coefficient (Wildman–Crippen LogP) is 3.06. The molecule has 0 saturated carbocycles. The van der Waals surface area contributed by atoms with Crippen molar-refractivity contribution in [2.45, 2.75) is 36.6 Å².